The van der Waals surface area contributed by atoms with Crippen LogP contribution in [-0.4, -0.2) is 35.3 Å². The van der Waals surface area contributed by atoms with E-state index < -0.39 is 6.10 Å². The molecule has 0 spiro atoms. The summed E-state index contributed by atoms with van der Waals surface area (Å²) in [6, 6.07) is 14.4. The number of amides is 1. The second kappa shape index (κ2) is 10.0. The van der Waals surface area contributed by atoms with Crippen LogP contribution in [0.1, 0.15) is 26.6 Å². The minimum Gasteiger partial charge on any atom is -0.491 e. The molecular formula is C22H24N2O4S. The van der Waals surface area contributed by atoms with Crippen LogP contribution in [-0.2, 0) is 6.61 Å². The Morgan fingerprint density at radius 2 is 1.93 bits per heavy atom. The highest BCUT2D eigenvalue weighted by molar-refractivity contribution is 7.09. The fourth-order valence-electron chi connectivity index (χ4n) is 2.60. The topological polar surface area (TPSA) is 80.7 Å². The van der Waals surface area contributed by atoms with E-state index in [2.05, 4.69) is 10.3 Å². The molecule has 3 aromatic rings. The number of nitrogens with zero attached hydrogens (tertiary/aromatic N) is 1. The molecule has 3 rings (SSSR count). The Morgan fingerprint density at radius 3 is 2.62 bits per heavy atom. The van der Waals surface area contributed by atoms with Gasteiger partial charge in [0.15, 0.2) is 0 Å². The summed E-state index contributed by atoms with van der Waals surface area (Å²) in [4.78, 5) is 16.6. The molecule has 2 aromatic carbocycles. The van der Waals surface area contributed by atoms with Crippen molar-refractivity contribution < 1.29 is 19.4 Å². The number of hydrogen-bond donors (Lipinski definition) is 2. The zero-order valence-electron chi connectivity index (χ0n) is 16.4. The zero-order valence-corrected chi connectivity index (χ0v) is 17.2. The van der Waals surface area contributed by atoms with Crippen molar-refractivity contribution in [3.63, 3.8) is 0 Å². The first-order valence-corrected chi connectivity index (χ1v) is 10.2. The fraction of sp³-hybridized carbons (Fsp3) is 0.273. The highest BCUT2D eigenvalue weighted by atomic mass is 32.1. The Hall–Kier alpha value is -2.90. The Labute approximate surface area is 174 Å². The largest absolute Gasteiger partial charge is 0.491 e. The third-order valence-corrected chi connectivity index (χ3v) is 4.92. The minimum atomic E-state index is -0.802. The Morgan fingerprint density at radius 1 is 1.14 bits per heavy atom. The van der Waals surface area contributed by atoms with Gasteiger partial charge in [0, 0.05) is 17.5 Å². The highest BCUT2D eigenvalue weighted by Gasteiger charge is 2.10. The van der Waals surface area contributed by atoms with Gasteiger partial charge < -0.3 is 19.9 Å². The molecule has 1 unspecified atom stereocenters. The maximum Gasteiger partial charge on any atom is 0.251 e. The molecule has 2 N–H and O–H groups in total. The van der Waals surface area contributed by atoms with E-state index in [1.54, 1.807) is 35.6 Å². The first-order valence-electron chi connectivity index (χ1n) is 9.29. The molecule has 0 aliphatic rings. The lowest BCUT2D eigenvalue weighted by atomic mass is 10.2. The molecule has 0 saturated carbocycles. The Kier molecular flexibility index (Phi) is 7.21. The van der Waals surface area contributed by atoms with Crippen LogP contribution in [0.15, 0.2) is 53.9 Å². The summed E-state index contributed by atoms with van der Waals surface area (Å²) in [6.07, 6.45) is -0.802. The van der Waals surface area contributed by atoms with Crippen molar-refractivity contribution in [1.29, 1.82) is 0 Å². The summed E-state index contributed by atoms with van der Waals surface area (Å²) in [5, 5.41) is 15.7. The van der Waals surface area contributed by atoms with E-state index in [1.807, 2.05) is 43.5 Å². The monoisotopic (exact) mass is 412 g/mol. The molecule has 1 atom stereocenters. The maximum atomic E-state index is 12.2. The number of carbonyl (C=O) groups is 1. The first-order chi connectivity index (χ1) is 14.0. The number of aliphatic hydroxyl groups excluding tert-OH is 1. The molecule has 1 heterocycles. The second-order valence-electron chi connectivity index (χ2n) is 6.66. The number of ether oxygens (including phenoxy) is 2. The number of carbonyl (C=O) groups excluding carboxylic acids is 1. The van der Waals surface area contributed by atoms with Gasteiger partial charge in [0.1, 0.15) is 30.8 Å². The molecule has 0 saturated heterocycles. The molecule has 0 fully saturated rings. The van der Waals surface area contributed by atoms with Crippen LogP contribution in [0, 0.1) is 13.8 Å². The summed E-state index contributed by atoms with van der Waals surface area (Å²) in [7, 11) is 0. The molecule has 0 bridgehead atoms. The van der Waals surface area contributed by atoms with E-state index >= 15 is 0 Å². The lowest BCUT2D eigenvalue weighted by molar-refractivity contribution is 0.0843. The van der Waals surface area contributed by atoms with Gasteiger partial charge in [0.25, 0.3) is 5.91 Å². The summed E-state index contributed by atoms with van der Waals surface area (Å²) in [6.45, 7) is 4.52. The van der Waals surface area contributed by atoms with Gasteiger partial charge >= 0.3 is 0 Å². The van der Waals surface area contributed by atoms with Gasteiger partial charge in [-0.1, -0.05) is 12.1 Å². The van der Waals surface area contributed by atoms with E-state index in [0.717, 1.165) is 16.3 Å². The summed E-state index contributed by atoms with van der Waals surface area (Å²) in [5.74, 6) is 1.10. The predicted molar refractivity (Wildman–Crippen MR) is 113 cm³/mol. The quantitative estimate of drug-likeness (QED) is 0.562. The van der Waals surface area contributed by atoms with Gasteiger partial charge in [-0.3, -0.25) is 4.79 Å². The third-order valence-electron chi connectivity index (χ3n) is 4.10. The van der Waals surface area contributed by atoms with Crippen molar-refractivity contribution >= 4 is 17.2 Å². The van der Waals surface area contributed by atoms with E-state index in [9.17, 15) is 9.90 Å². The number of rotatable bonds is 9. The van der Waals surface area contributed by atoms with E-state index in [4.69, 9.17) is 9.47 Å². The van der Waals surface area contributed by atoms with Gasteiger partial charge in [0.2, 0.25) is 0 Å². The third kappa shape index (κ3) is 6.58. The maximum absolute atomic E-state index is 12.2. The number of nitrogens with one attached hydrogen (secondary N) is 1. The highest BCUT2D eigenvalue weighted by Crippen LogP contribution is 2.16. The van der Waals surface area contributed by atoms with E-state index in [-0.39, 0.29) is 19.1 Å². The van der Waals surface area contributed by atoms with Crippen LogP contribution in [0.2, 0.25) is 0 Å². The van der Waals surface area contributed by atoms with E-state index in [0.29, 0.717) is 23.7 Å². The number of thiazole rings is 1. The van der Waals surface area contributed by atoms with Crippen molar-refractivity contribution in [3.8, 4) is 11.5 Å². The van der Waals surface area contributed by atoms with Gasteiger partial charge in [-0.2, -0.15) is 0 Å². The number of benzene rings is 2. The fourth-order valence-corrected chi connectivity index (χ4v) is 3.20. The normalized spacial score (nSPS) is 11.7. The standard InChI is InChI=1S/C22H24N2O4S/c1-15-4-3-5-21(10-15)28-13-19(25)11-23-22(26)17-6-8-20(9-7-17)27-12-18-14-29-16(2)24-18/h3-10,14,19,25H,11-13H2,1-2H3,(H,23,26). The second-order valence-corrected chi connectivity index (χ2v) is 7.72. The average molecular weight is 413 g/mol. The molecule has 152 valence electrons. The lowest BCUT2D eigenvalue weighted by Gasteiger charge is -2.14. The Bertz CT molecular complexity index is 940. The molecule has 29 heavy (non-hydrogen) atoms. The zero-order chi connectivity index (χ0) is 20.6. The number of aliphatic hydroxyl groups is 1. The van der Waals surface area contributed by atoms with Crippen LogP contribution in [0.25, 0.3) is 0 Å². The summed E-state index contributed by atoms with van der Waals surface area (Å²) >= 11 is 1.58. The van der Waals surface area contributed by atoms with Crippen molar-refractivity contribution in [2.75, 3.05) is 13.2 Å². The van der Waals surface area contributed by atoms with Crippen molar-refractivity contribution in [1.82, 2.24) is 10.3 Å². The average Bonchev–Trinajstić information content (AvgIpc) is 3.14. The molecule has 7 heteroatoms. The molecule has 0 aliphatic carbocycles. The van der Waals surface area contributed by atoms with Crippen LogP contribution in [0.4, 0.5) is 0 Å². The van der Waals surface area contributed by atoms with Gasteiger partial charge in [-0.15, -0.1) is 11.3 Å². The van der Waals surface area contributed by atoms with Gasteiger partial charge in [-0.05, 0) is 55.8 Å². The molecule has 1 aromatic heterocycles. The lowest BCUT2D eigenvalue weighted by Crippen LogP contribution is -2.35. The van der Waals surface area contributed by atoms with Crippen LogP contribution >= 0.6 is 11.3 Å². The Balaban J connectivity index is 1.41. The molecule has 1 amide bonds. The van der Waals surface area contributed by atoms with Gasteiger partial charge in [-0.25, -0.2) is 4.98 Å². The van der Waals surface area contributed by atoms with Crippen molar-refractivity contribution in [2.45, 2.75) is 26.6 Å². The van der Waals surface area contributed by atoms with Crippen LogP contribution in [0.3, 0.4) is 0 Å². The summed E-state index contributed by atoms with van der Waals surface area (Å²) < 4.78 is 11.2. The number of hydrogen-bond acceptors (Lipinski definition) is 6. The molecule has 0 aliphatic heterocycles. The van der Waals surface area contributed by atoms with Crippen LogP contribution in [0.5, 0.6) is 11.5 Å². The molecular weight excluding hydrogens is 388 g/mol. The predicted octanol–water partition coefficient (Wildman–Crippen LogP) is 3.51. The van der Waals surface area contributed by atoms with Crippen molar-refractivity contribution in [2.24, 2.45) is 0 Å². The SMILES string of the molecule is Cc1cccc(OCC(O)CNC(=O)c2ccc(OCc3csc(C)n3)cc2)c1. The number of aryl methyl sites for hydroxylation is 2. The number of aromatic nitrogens is 1. The van der Waals surface area contributed by atoms with Crippen LogP contribution < -0.4 is 14.8 Å². The first kappa shape index (κ1) is 20.8. The minimum absolute atomic E-state index is 0.103. The molecule has 0 radical (unpaired) electrons. The summed E-state index contributed by atoms with van der Waals surface area (Å²) in [5.41, 5.74) is 2.46. The van der Waals surface area contributed by atoms with E-state index in [1.165, 1.54) is 0 Å². The smallest absolute Gasteiger partial charge is 0.251 e. The van der Waals surface area contributed by atoms with Gasteiger partial charge in [0.05, 0.1) is 10.7 Å². The van der Waals surface area contributed by atoms with Crippen molar-refractivity contribution in [3.05, 3.63) is 75.7 Å². The molecule has 6 nitrogen and oxygen atoms in total.